The highest BCUT2D eigenvalue weighted by molar-refractivity contribution is 6.66. The number of carboxylic acid groups (broad SMARTS) is 1. The molecule has 0 bridgehead atoms. The van der Waals surface area contributed by atoms with Gasteiger partial charge in [0.15, 0.2) is 0 Å². The Kier molecular flexibility index (Phi) is 2.84. The maximum absolute atomic E-state index is 12.8. The molecule has 0 aromatic carbocycles. The molecule has 3 atom stereocenters. The van der Waals surface area contributed by atoms with Gasteiger partial charge in [0.25, 0.3) is 0 Å². The molecule has 0 saturated carbocycles. The van der Waals surface area contributed by atoms with Crippen molar-refractivity contribution < 1.29 is 23.1 Å². The second kappa shape index (κ2) is 3.94. The molecule has 3 unspecified atom stereocenters. The summed E-state index contributed by atoms with van der Waals surface area (Å²) in [7, 11) is 0. The van der Waals surface area contributed by atoms with Crippen molar-refractivity contribution in [1.29, 1.82) is 0 Å². The smallest absolute Gasteiger partial charge is 0.407 e. The zero-order chi connectivity index (χ0) is 12.8. The van der Waals surface area contributed by atoms with Crippen molar-refractivity contribution in [1.82, 2.24) is 10.3 Å². The van der Waals surface area contributed by atoms with Gasteiger partial charge in [-0.3, -0.25) is 0 Å². The van der Waals surface area contributed by atoms with Crippen LogP contribution in [0.4, 0.5) is 18.0 Å². The van der Waals surface area contributed by atoms with Crippen LogP contribution in [0.5, 0.6) is 0 Å². The van der Waals surface area contributed by atoms with Crippen molar-refractivity contribution in [3.8, 4) is 0 Å². The molecule has 0 spiro atoms. The Morgan fingerprint density at radius 3 is 2.71 bits per heavy atom. The van der Waals surface area contributed by atoms with Crippen molar-refractivity contribution in [3.05, 3.63) is 0 Å². The molecule has 9 heteroatoms. The van der Waals surface area contributed by atoms with E-state index in [1.165, 1.54) is 0 Å². The number of fused-ring (bicyclic) bond motifs is 1. The van der Waals surface area contributed by atoms with Crippen LogP contribution in [0, 0.1) is 11.8 Å². The molecule has 1 fully saturated rings. The molecule has 96 valence electrons. The first-order valence-corrected chi connectivity index (χ1v) is 5.21. The highest BCUT2D eigenvalue weighted by Crippen LogP contribution is 2.40. The SMILES string of the molecule is O=C(O)N1CC2NN=C(Cl)C2C(C(F)(F)F)C1. The summed E-state index contributed by atoms with van der Waals surface area (Å²) in [6, 6.07) is -0.709. The van der Waals surface area contributed by atoms with Crippen molar-refractivity contribution in [2.75, 3.05) is 13.1 Å². The maximum Gasteiger partial charge on any atom is 0.407 e. The number of amides is 1. The Balaban J connectivity index is 2.26. The highest BCUT2D eigenvalue weighted by atomic mass is 35.5. The lowest BCUT2D eigenvalue weighted by molar-refractivity contribution is -0.193. The van der Waals surface area contributed by atoms with Gasteiger partial charge in [0.05, 0.1) is 17.9 Å². The van der Waals surface area contributed by atoms with Crippen LogP contribution in [0.1, 0.15) is 0 Å². The fraction of sp³-hybridized carbons (Fsp3) is 0.750. The van der Waals surface area contributed by atoms with E-state index < -0.39 is 36.7 Å². The average Bonchev–Trinajstić information content (AvgIpc) is 2.58. The number of hydrogen-bond acceptors (Lipinski definition) is 3. The highest BCUT2D eigenvalue weighted by Gasteiger charge is 2.55. The molecular weight excluding hydrogens is 263 g/mol. The van der Waals surface area contributed by atoms with Gasteiger partial charge in [0, 0.05) is 13.1 Å². The monoisotopic (exact) mass is 271 g/mol. The number of hydrogen-bond donors (Lipinski definition) is 2. The lowest BCUT2D eigenvalue weighted by atomic mass is 9.83. The summed E-state index contributed by atoms with van der Waals surface area (Å²) in [5, 5.41) is 12.2. The van der Waals surface area contributed by atoms with Crippen LogP contribution >= 0.6 is 11.6 Å². The number of alkyl halides is 3. The van der Waals surface area contributed by atoms with Crippen molar-refractivity contribution in [2.45, 2.75) is 12.2 Å². The van der Waals surface area contributed by atoms with Crippen molar-refractivity contribution >= 4 is 22.9 Å². The molecule has 2 aliphatic heterocycles. The summed E-state index contributed by atoms with van der Waals surface area (Å²) in [6.07, 6.45) is -5.87. The number of piperidine rings is 1. The zero-order valence-corrected chi connectivity index (χ0v) is 9.16. The lowest BCUT2D eigenvalue weighted by Crippen LogP contribution is -2.57. The first-order chi connectivity index (χ1) is 7.80. The summed E-state index contributed by atoms with van der Waals surface area (Å²) in [5.41, 5.74) is 2.45. The molecule has 5 nitrogen and oxygen atoms in total. The molecule has 2 rings (SSSR count). The van der Waals surface area contributed by atoms with Gasteiger partial charge >= 0.3 is 12.3 Å². The average molecular weight is 272 g/mol. The lowest BCUT2D eigenvalue weighted by Gasteiger charge is -2.39. The van der Waals surface area contributed by atoms with Gasteiger partial charge in [0.2, 0.25) is 0 Å². The van der Waals surface area contributed by atoms with E-state index in [-0.39, 0.29) is 11.7 Å². The standard InChI is InChI=1S/C8H9ClF3N3O2/c9-6-5-3(8(10,11)12)1-15(7(16)17)2-4(5)13-14-6/h3-5,13H,1-2H2,(H,16,17). The van der Waals surface area contributed by atoms with E-state index in [0.717, 1.165) is 4.90 Å². The van der Waals surface area contributed by atoms with Gasteiger partial charge in [-0.1, -0.05) is 11.6 Å². The Morgan fingerprint density at radius 2 is 2.18 bits per heavy atom. The molecule has 2 N–H and O–H groups in total. The third-order valence-corrected chi connectivity index (χ3v) is 3.34. The number of rotatable bonds is 0. The third-order valence-electron chi connectivity index (χ3n) is 3.00. The zero-order valence-electron chi connectivity index (χ0n) is 8.41. The van der Waals surface area contributed by atoms with Crippen molar-refractivity contribution in [2.24, 2.45) is 16.9 Å². The minimum absolute atomic E-state index is 0.0493. The fourth-order valence-electron chi connectivity index (χ4n) is 2.19. The summed E-state index contributed by atoms with van der Waals surface area (Å²) in [4.78, 5) is 11.5. The normalized spacial score (nSPS) is 32.8. The van der Waals surface area contributed by atoms with Crippen molar-refractivity contribution in [3.63, 3.8) is 0 Å². The van der Waals surface area contributed by atoms with Gasteiger partial charge < -0.3 is 15.4 Å². The summed E-state index contributed by atoms with van der Waals surface area (Å²) >= 11 is 5.64. The van der Waals surface area contributed by atoms with E-state index in [1.54, 1.807) is 0 Å². The molecule has 0 aromatic heterocycles. The fourth-order valence-corrected chi connectivity index (χ4v) is 2.55. The Labute approximate surface area is 99.2 Å². The van der Waals surface area contributed by atoms with E-state index in [4.69, 9.17) is 16.7 Å². The van der Waals surface area contributed by atoms with Gasteiger partial charge in [-0.25, -0.2) is 4.79 Å². The van der Waals surface area contributed by atoms with Gasteiger partial charge in [-0.2, -0.15) is 18.3 Å². The second-order valence-corrected chi connectivity index (χ2v) is 4.42. The summed E-state index contributed by atoms with van der Waals surface area (Å²) in [6.45, 7) is -0.653. The number of nitrogens with zero attached hydrogens (tertiary/aromatic N) is 2. The summed E-state index contributed by atoms with van der Waals surface area (Å²) in [5.74, 6) is -2.81. The van der Waals surface area contributed by atoms with Crippen LogP contribution in [0.2, 0.25) is 0 Å². The van der Waals surface area contributed by atoms with Gasteiger partial charge in [-0.05, 0) is 0 Å². The first-order valence-electron chi connectivity index (χ1n) is 4.84. The number of carbonyl (C=O) groups is 1. The number of hydrazone groups is 1. The van der Waals surface area contributed by atoms with Crippen LogP contribution in [0.3, 0.4) is 0 Å². The predicted octanol–water partition coefficient (Wildman–Crippen LogP) is 1.30. The van der Waals surface area contributed by atoms with Crippen LogP contribution in [0.25, 0.3) is 0 Å². The van der Waals surface area contributed by atoms with Crippen LogP contribution in [-0.4, -0.2) is 46.6 Å². The molecule has 17 heavy (non-hydrogen) atoms. The maximum atomic E-state index is 12.8. The predicted molar refractivity (Wildman–Crippen MR) is 52.8 cm³/mol. The molecule has 2 aliphatic rings. The quantitative estimate of drug-likeness (QED) is 0.698. The molecule has 2 heterocycles. The molecule has 0 radical (unpaired) electrons. The largest absolute Gasteiger partial charge is 0.465 e. The Morgan fingerprint density at radius 1 is 1.53 bits per heavy atom. The molecule has 0 aliphatic carbocycles. The van der Waals surface area contributed by atoms with E-state index in [9.17, 15) is 18.0 Å². The minimum Gasteiger partial charge on any atom is -0.465 e. The van der Waals surface area contributed by atoms with E-state index >= 15 is 0 Å². The number of nitrogens with one attached hydrogen (secondary N) is 1. The van der Waals surface area contributed by atoms with Crippen LogP contribution < -0.4 is 5.43 Å². The third kappa shape index (κ3) is 2.13. The minimum atomic E-state index is -4.50. The molecule has 1 amide bonds. The van der Waals surface area contributed by atoms with Crippen LogP contribution in [0.15, 0.2) is 5.10 Å². The number of likely N-dealkylation sites (tertiary alicyclic amines) is 1. The topological polar surface area (TPSA) is 64.9 Å². The van der Waals surface area contributed by atoms with E-state index in [0.29, 0.717) is 0 Å². The van der Waals surface area contributed by atoms with E-state index in [2.05, 4.69) is 10.5 Å². The van der Waals surface area contributed by atoms with Gasteiger partial charge in [-0.15, -0.1) is 0 Å². The second-order valence-electron chi connectivity index (χ2n) is 4.03. The Hall–Kier alpha value is -1.18. The Bertz CT molecular complexity index is 374. The summed E-state index contributed by atoms with van der Waals surface area (Å²) < 4.78 is 38.5. The van der Waals surface area contributed by atoms with E-state index in [1.807, 2.05) is 0 Å². The van der Waals surface area contributed by atoms with Crippen LogP contribution in [-0.2, 0) is 0 Å². The first kappa shape index (κ1) is 12.3. The molecule has 0 aromatic rings. The molecular formula is C8H9ClF3N3O2. The molecule has 1 saturated heterocycles. The van der Waals surface area contributed by atoms with Gasteiger partial charge in [0.1, 0.15) is 5.17 Å². The number of halogens is 4.